The Morgan fingerprint density at radius 2 is 0.500 bits per heavy atom. The molecule has 0 atom stereocenters. The Labute approximate surface area is 73.9 Å². The second kappa shape index (κ2) is 11900. The van der Waals surface area contributed by atoms with E-state index >= 15 is 0 Å². The van der Waals surface area contributed by atoms with E-state index in [1.165, 1.54) is 0 Å². The van der Waals surface area contributed by atoms with Crippen LogP contribution in [0.3, 0.4) is 0 Å². The molecule has 0 saturated heterocycles. The molecule has 0 aliphatic heterocycles. The van der Waals surface area contributed by atoms with Gasteiger partial charge in [0.05, 0.1) is 0 Å². The van der Waals surface area contributed by atoms with Crippen LogP contribution < -0.4 is 18.5 Å². The molecule has 0 aromatic heterocycles. The van der Waals surface area contributed by atoms with Crippen molar-refractivity contribution >= 4 is 0 Å². The van der Waals surface area contributed by atoms with Crippen molar-refractivity contribution in [1.82, 2.24) is 18.5 Å². The molecule has 0 saturated carbocycles. The van der Waals surface area contributed by atoms with Crippen LogP contribution in [0, 0.1) is 20.0 Å². The molecule has 7 heteroatoms. The van der Waals surface area contributed by atoms with Gasteiger partial charge in [-0.1, -0.05) is 0 Å². The minimum absolute atomic E-state index is 0. The smallest absolute Gasteiger partial charge is 0 e. The summed E-state index contributed by atoms with van der Waals surface area (Å²) in [4.78, 5) is 0. The summed E-state index contributed by atoms with van der Waals surface area (Å²) in [5.74, 6) is 0. The normalized spacial score (nSPS) is 0.600. The van der Waals surface area contributed by atoms with Gasteiger partial charge in [-0.3, -0.25) is 0 Å². The zero-order valence-electron chi connectivity index (χ0n) is 5.25. The number of hydrogen-bond donors (Lipinski definition) is 3. The van der Waals surface area contributed by atoms with Crippen molar-refractivity contribution in [2.45, 2.75) is 0 Å². The monoisotopic (exact) mass is 319 g/mol. The van der Waals surface area contributed by atoms with Crippen LogP contribution in [0.2, 0.25) is 0 Å². The predicted octanol–water partition coefficient (Wildman–Crippen LogP) is 0.371. The van der Waals surface area contributed by atoms with Gasteiger partial charge < -0.3 is 18.5 Å². The van der Waals surface area contributed by atoms with Crippen LogP contribution in [0.25, 0.3) is 0 Å². The van der Waals surface area contributed by atoms with Gasteiger partial charge in [0.1, 0.15) is 0 Å². The first-order valence-corrected chi connectivity index (χ1v) is 0.612. The van der Waals surface area contributed by atoms with Gasteiger partial charge in [-0.15, -0.1) is 0 Å². The standard InChI is InChI=1S/3CO.3H3N.W/c3*1-2;;;;/h;;;3*1H3;. The summed E-state index contributed by atoms with van der Waals surface area (Å²) < 4.78 is 22.5. The van der Waals surface area contributed by atoms with E-state index in [-0.39, 0.29) is 39.5 Å². The summed E-state index contributed by atoms with van der Waals surface area (Å²) in [6.45, 7) is 13.5. The number of hydrogen-bond acceptors (Lipinski definition) is 3. The third-order valence-corrected chi connectivity index (χ3v) is 0. The quantitative estimate of drug-likeness (QED) is 0.434. The largest absolute Gasteiger partial charge is 0 e. The Morgan fingerprint density at radius 1 is 0.500 bits per heavy atom. The molecule has 0 spiro atoms. The molecule has 0 heterocycles. The van der Waals surface area contributed by atoms with E-state index in [1.54, 1.807) is 0 Å². The third kappa shape index (κ3) is 8010. The van der Waals surface area contributed by atoms with Crippen molar-refractivity contribution in [3.63, 3.8) is 0 Å². The van der Waals surface area contributed by atoms with Gasteiger partial charge in [0.2, 0.25) is 0 Å². The minimum Gasteiger partial charge on any atom is 0 e. The zero-order valence-corrected chi connectivity index (χ0v) is 8.19. The first kappa shape index (κ1) is 97.2. The van der Waals surface area contributed by atoms with Gasteiger partial charge in [-0.25, -0.2) is 0 Å². The maximum atomic E-state index is 7.50. The predicted molar refractivity (Wildman–Crippen MR) is 26.9 cm³/mol. The average Bonchev–Trinajstić information content (AvgIpc) is 1.81. The fourth-order valence-electron chi connectivity index (χ4n) is 0. The molecule has 0 unspecified atom stereocenters. The van der Waals surface area contributed by atoms with E-state index in [9.17, 15) is 0 Å². The molecule has 0 aromatic carbocycles. The summed E-state index contributed by atoms with van der Waals surface area (Å²) in [5, 5.41) is 0. The minimum atomic E-state index is 0. The van der Waals surface area contributed by atoms with Gasteiger partial charge in [0, 0.05) is 21.1 Å². The summed E-state index contributed by atoms with van der Waals surface area (Å²) in [5.41, 5.74) is 0. The van der Waals surface area contributed by atoms with Crippen LogP contribution in [0.1, 0.15) is 0 Å². The molecule has 60 valence electrons. The Kier molecular flexibility index (Phi) is 116000. The maximum absolute atomic E-state index is 7.50. The van der Waals surface area contributed by atoms with Crippen molar-refractivity contribution < 1.29 is 35.0 Å². The second-order valence-electron chi connectivity index (χ2n) is 0. The molecule has 0 aliphatic rings. The van der Waals surface area contributed by atoms with Crippen LogP contribution in [0.15, 0.2) is 0 Å². The van der Waals surface area contributed by atoms with Crippen molar-refractivity contribution in [2.75, 3.05) is 0 Å². The molecular formula is C3H9N3O3W. The van der Waals surface area contributed by atoms with Gasteiger partial charge >= 0.3 is 33.9 Å². The first-order chi connectivity index (χ1) is 3.00. The van der Waals surface area contributed by atoms with Crippen LogP contribution in [-0.4, -0.2) is 0 Å². The van der Waals surface area contributed by atoms with E-state index < -0.39 is 0 Å². The topological polar surface area (TPSA) is 165 Å². The molecule has 0 aromatic rings. The number of rotatable bonds is 0. The summed E-state index contributed by atoms with van der Waals surface area (Å²) >= 11 is 0. The molecule has 9 N–H and O–H groups in total. The van der Waals surface area contributed by atoms with E-state index in [2.05, 4.69) is 20.0 Å². The fourth-order valence-corrected chi connectivity index (χ4v) is 0. The first-order valence-electron chi connectivity index (χ1n) is 0.612. The van der Waals surface area contributed by atoms with Crippen LogP contribution in [0.4, 0.5) is 0 Å². The van der Waals surface area contributed by atoms with Crippen LogP contribution >= 0.6 is 0 Å². The maximum Gasteiger partial charge on any atom is 0 e. The Hall–Kier alpha value is -0.212. The van der Waals surface area contributed by atoms with E-state index in [1.807, 2.05) is 0 Å². The molecule has 6 nitrogen and oxygen atoms in total. The second-order valence-corrected chi connectivity index (χ2v) is 0. The third-order valence-electron chi connectivity index (χ3n) is 0. The van der Waals surface area contributed by atoms with Crippen molar-refractivity contribution in [1.29, 1.82) is 0 Å². The Bertz CT molecular complexity index is 47.5. The fraction of sp³-hybridized carbons (Fsp3) is 0. The van der Waals surface area contributed by atoms with Crippen molar-refractivity contribution in [2.24, 2.45) is 0 Å². The molecule has 0 radical (unpaired) electrons. The molecule has 0 amide bonds. The van der Waals surface area contributed by atoms with Gasteiger partial charge in [0.15, 0.2) is 0 Å². The summed E-state index contributed by atoms with van der Waals surface area (Å²) in [6.07, 6.45) is 0. The van der Waals surface area contributed by atoms with Crippen molar-refractivity contribution in [3.8, 4) is 0 Å². The summed E-state index contributed by atoms with van der Waals surface area (Å²) in [7, 11) is 0. The van der Waals surface area contributed by atoms with Gasteiger partial charge in [-0.05, 0) is 0 Å². The average molecular weight is 319 g/mol. The SMILES string of the molecule is N.N.N.[C-]#[O+].[C-]#[O+].[C-]#[O+].[W]. The van der Waals surface area contributed by atoms with E-state index in [0.717, 1.165) is 0 Å². The Morgan fingerprint density at radius 3 is 0.500 bits per heavy atom. The molecule has 0 rings (SSSR count). The van der Waals surface area contributed by atoms with E-state index in [4.69, 9.17) is 14.0 Å². The van der Waals surface area contributed by atoms with Crippen molar-refractivity contribution in [3.05, 3.63) is 20.0 Å². The molecule has 0 fully saturated rings. The summed E-state index contributed by atoms with van der Waals surface area (Å²) in [6, 6.07) is 0. The molecular weight excluding hydrogens is 310 g/mol. The molecule has 0 aliphatic carbocycles. The molecule has 0 bridgehead atoms. The molecule has 10 heavy (non-hydrogen) atoms. The van der Waals surface area contributed by atoms with Gasteiger partial charge in [-0.2, -0.15) is 0 Å². The van der Waals surface area contributed by atoms with Crippen LogP contribution in [0.5, 0.6) is 0 Å². The van der Waals surface area contributed by atoms with Crippen LogP contribution in [-0.2, 0) is 35.0 Å². The van der Waals surface area contributed by atoms with E-state index in [0.29, 0.717) is 0 Å². The van der Waals surface area contributed by atoms with Gasteiger partial charge in [0.25, 0.3) is 0 Å². The Balaban J connectivity index is -0.00000000225. The zero-order chi connectivity index (χ0) is 6.00.